The molecule has 1 aromatic carbocycles. The summed E-state index contributed by atoms with van der Waals surface area (Å²) in [4.78, 5) is 0. The summed E-state index contributed by atoms with van der Waals surface area (Å²) in [6.45, 7) is 0. The largest absolute Gasteiger partial charge is 1.00 e. The Kier molecular flexibility index (Phi) is 4.48. The van der Waals surface area contributed by atoms with Gasteiger partial charge in [-0.1, -0.05) is 30.3 Å². The maximum absolute atomic E-state index is 10.9. The number of hydrogen-bond acceptors (Lipinski definition) is 5. The molecule has 8 heteroatoms. The molecule has 1 aliphatic heterocycles. The predicted octanol–water partition coefficient (Wildman–Crippen LogP) is -3.14. The van der Waals surface area contributed by atoms with E-state index in [2.05, 4.69) is 5.32 Å². The molecular formula is C8H8LiNO4S2-2. The Balaban J connectivity index is 0.00000128. The molecule has 0 spiro atoms. The second-order valence-electron chi connectivity index (χ2n) is 3.12. The average molecular weight is 253 g/mol. The van der Waals surface area contributed by atoms with Gasteiger partial charge in [0.15, 0.2) is 4.20 Å². The first-order valence-electron chi connectivity index (χ1n) is 4.10. The minimum Gasteiger partial charge on any atom is -1.00 e. The van der Waals surface area contributed by atoms with Crippen LogP contribution < -0.4 is 24.2 Å². The van der Waals surface area contributed by atoms with Crippen molar-refractivity contribution in [2.45, 2.75) is 10.2 Å². The molecule has 1 heterocycles. The second kappa shape index (κ2) is 5.10. The molecule has 0 aromatic heterocycles. The Morgan fingerprint density at radius 1 is 1.19 bits per heavy atom. The van der Waals surface area contributed by atoms with Gasteiger partial charge < -0.3 is 10.5 Å². The van der Waals surface area contributed by atoms with Crippen LogP contribution in [0.1, 0.15) is 13.0 Å². The van der Waals surface area contributed by atoms with Gasteiger partial charge in [0, 0.05) is 0 Å². The average Bonchev–Trinajstić information content (AvgIpc) is 2.95. The molecule has 3 unspecified atom stereocenters. The standard InChI is InChI=1S/C8H9NO4S2.Li.H/c10-14(11)8(15(12)13)7(9-8)6-4-2-1-3-5-6;;/h1-5,7,9H,(H,10,11)(H,12,13);;/q;+1;-1/p-2. The molecule has 0 aliphatic carbocycles. The summed E-state index contributed by atoms with van der Waals surface area (Å²) in [5, 5.41) is 2.47. The molecule has 1 aliphatic rings. The van der Waals surface area contributed by atoms with Crippen molar-refractivity contribution in [3.05, 3.63) is 35.9 Å². The SMILES string of the molecule is O=S([O-])C1(S(=O)[O-])NC1c1ccccc1.[H-].[Li+]. The molecule has 1 saturated heterocycles. The number of benzene rings is 1. The predicted molar refractivity (Wildman–Crippen MR) is 54.0 cm³/mol. The first-order chi connectivity index (χ1) is 7.09. The summed E-state index contributed by atoms with van der Waals surface area (Å²) in [6, 6.07) is 7.91. The molecule has 3 atom stereocenters. The molecular weight excluding hydrogens is 245 g/mol. The van der Waals surface area contributed by atoms with E-state index in [1.165, 1.54) is 0 Å². The fourth-order valence-electron chi connectivity index (χ4n) is 1.45. The third-order valence-electron chi connectivity index (χ3n) is 2.27. The molecule has 1 N–H and O–H groups in total. The molecule has 84 valence electrons. The molecule has 0 radical (unpaired) electrons. The molecule has 1 fully saturated rings. The van der Waals surface area contributed by atoms with Crippen molar-refractivity contribution in [1.82, 2.24) is 5.32 Å². The van der Waals surface area contributed by atoms with E-state index in [1.54, 1.807) is 30.3 Å². The minimum absolute atomic E-state index is 0. The van der Waals surface area contributed by atoms with Crippen molar-refractivity contribution < 1.29 is 37.8 Å². The van der Waals surface area contributed by atoms with Crippen LogP contribution in [-0.2, 0) is 22.2 Å². The van der Waals surface area contributed by atoms with Crippen LogP contribution in [0.3, 0.4) is 0 Å². The fourth-order valence-corrected chi connectivity index (χ4v) is 2.98. The van der Waals surface area contributed by atoms with E-state index in [0.717, 1.165) is 0 Å². The monoisotopic (exact) mass is 253 g/mol. The Hall–Kier alpha value is -0.00260. The van der Waals surface area contributed by atoms with E-state index in [1.807, 2.05) is 0 Å². The summed E-state index contributed by atoms with van der Waals surface area (Å²) in [7, 11) is 0. The molecule has 1 aromatic rings. The van der Waals surface area contributed by atoms with Crippen molar-refractivity contribution in [3.8, 4) is 0 Å². The maximum atomic E-state index is 10.9. The van der Waals surface area contributed by atoms with Crippen molar-refractivity contribution in [2.24, 2.45) is 0 Å². The van der Waals surface area contributed by atoms with Gasteiger partial charge in [-0.15, -0.1) is 0 Å². The van der Waals surface area contributed by atoms with Gasteiger partial charge in [-0.3, -0.25) is 13.7 Å². The van der Waals surface area contributed by atoms with Gasteiger partial charge in [0.05, 0.1) is 6.04 Å². The first kappa shape index (κ1) is 14.1. The number of rotatable bonds is 3. The topological polar surface area (TPSA) is 102 Å². The number of hydrogen-bond donors (Lipinski definition) is 1. The van der Waals surface area contributed by atoms with Gasteiger partial charge in [0.25, 0.3) is 0 Å². The zero-order valence-corrected chi connectivity index (χ0v) is 10.0. The van der Waals surface area contributed by atoms with Gasteiger partial charge in [-0.05, 0) is 27.7 Å². The Morgan fingerprint density at radius 2 is 1.69 bits per heavy atom. The van der Waals surface area contributed by atoms with Crippen LogP contribution in [0.5, 0.6) is 0 Å². The summed E-state index contributed by atoms with van der Waals surface area (Å²) in [5.41, 5.74) is 0.644. The van der Waals surface area contributed by atoms with Crippen LogP contribution in [0.4, 0.5) is 0 Å². The summed E-state index contributed by atoms with van der Waals surface area (Å²) >= 11 is -5.40. The van der Waals surface area contributed by atoms with Crippen molar-refractivity contribution in [3.63, 3.8) is 0 Å². The molecule has 2 rings (SSSR count). The number of nitrogens with one attached hydrogen (secondary N) is 1. The van der Waals surface area contributed by atoms with Gasteiger partial charge >= 0.3 is 18.9 Å². The van der Waals surface area contributed by atoms with E-state index in [9.17, 15) is 17.5 Å². The van der Waals surface area contributed by atoms with Crippen molar-refractivity contribution in [1.29, 1.82) is 0 Å². The van der Waals surface area contributed by atoms with Crippen LogP contribution in [0.25, 0.3) is 0 Å². The molecule has 5 nitrogen and oxygen atoms in total. The van der Waals surface area contributed by atoms with Gasteiger partial charge in [0.1, 0.15) is 0 Å². The zero-order chi connectivity index (χ0) is 11.1. The Labute approximate surface area is 111 Å². The third kappa shape index (κ3) is 2.17. The first-order valence-corrected chi connectivity index (χ1v) is 6.25. The smallest absolute Gasteiger partial charge is 1.00 e. The summed E-state index contributed by atoms with van der Waals surface area (Å²) in [5.74, 6) is 0. The van der Waals surface area contributed by atoms with Gasteiger partial charge in [-0.25, -0.2) is 0 Å². The van der Waals surface area contributed by atoms with E-state index in [-0.39, 0.29) is 20.3 Å². The zero-order valence-electron chi connectivity index (χ0n) is 9.41. The minimum atomic E-state index is -2.70. The van der Waals surface area contributed by atoms with E-state index < -0.39 is 32.4 Å². The van der Waals surface area contributed by atoms with Crippen LogP contribution in [0.15, 0.2) is 30.3 Å². The van der Waals surface area contributed by atoms with Crippen LogP contribution >= 0.6 is 0 Å². The van der Waals surface area contributed by atoms with E-state index in [0.29, 0.717) is 5.56 Å². The van der Waals surface area contributed by atoms with E-state index in [4.69, 9.17) is 0 Å². The molecule has 0 saturated carbocycles. The Bertz CT molecular complexity index is 419. The Morgan fingerprint density at radius 3 is 2.06 bits per heavy atom. The molecule has 0 bridgehead atoms. The van der Waals surface area contributed by atoms with Crippen molar-refractivity contribution in [2.75, 3.05) is 0 Å². The van der Waals surface area contributed by atoms with Gasteiger partial charge in [0.2, 0.25) is 0 Å². The van der Waals surface area contributed by atoms with E-state index >= 15 is 0 Å². The molecule has 16 heavy (non-hydrogen) atoms. The molecule has 0 amide bonds. The second-order valence-corrected chi connectivity index (χ2v) is 5.61. The van der Waals surface area contributed by atoms with Gasteiger partial charge in [-0.2, -0.15) is 0 Å². The third-order valence-corrected chi connectivity index (χ3v) is 4.78. The fraction of sp³-hybridized carbons (Fsp3) is 0.250. The van der Waals surface area contributed by atoms with Crippen LogP contribution in [0, 0.1) is 0 Å². The quantitative estimate of drug-likeness (QED) is 0.348. The van der Waals surface area contributed by atoms with Crippen molar-refractivity contribution >= 4 is 22.2 Å². The normalized spacial score (nSPS) is 31.2. The van der Waals surface area contributed by atoms with Crippen LogP contribution in [0.2, 0.25) is 0 Å². The van der Waals surface area contributed by atoms with Crippen LogP contribution in [-0.4, -0.2) is 21.7 Å². The summed E-state index contributed by atoms with van der Waals surface area (Å²) in [6.07, 6.45) is 0. The summed E-state index contributed by atoms with van der Waals surface area (Å²) < 4.78 is 41.6. The maximum Gasteiger partial charge on any atom is 1.00 e.